The number of carbonyl (C=O) groups is 3. The highest BCUT2D eigenvalue weighted by Gasteiger charge is 2.28. The average molecular weight is 427 g/mol. The van der Waals surface area contributed by atoms with Gasteiger partial charge in [-0.25, -0.2) is 4.79 Å². The second-order valence-electron chi connectivity index (χ2n) is 7.92. The summed E-state index contributed by atoms with van der Waals surface area (Å²) in [6.45, 7) is 4.00. The third-order valence-electron chi connectivity index (χ3n) is 4.97. The zero-order chi connectivity index (χ0) is 22.8. The first kappa shape index (κ1) is 24.1. The summed E-state index contributed by atoms with van der Waals surface area (Å²) in [7, 11) is 0. The first-order valence-electron chi connectivity index (χ1n) is 10.4. The Bertz CT molecular complexity index is 815. The monoisotopic (exact) mass is 426 g/mol. The second-order valence-corrected chi connectivity index (χ2v) is 7.92. The largest absolute Gasteiger partial charge is 0.480 e. The molecule has 0 heterocycles. The Morgan fingerprint density at radius 3 is 1.71 bits per heavy atom. The fourth-order valence-electron chi connectivity index (χ4n) is 3.44. The number of amides is 1. The van der Waals surface area contributed by atoms with Gasteiger partial charge in [-0.05, 0) is 36.4 Å². The molecule has 0 fully saturated rings. The quantitative estimate of drug-likeness (QED) is 0.415. The lowest BCUT2D eigenvalue weighted by molar-refractivity contribution is -0.142. The number of hydrogen-bond acceptors (Lipinski definition) is 4. The number of hydrogen-bond donors (Lipinski definition) is 4. The predicted octanol–water partition coefficient (Wildman–Crippen LogP) is 2.87. The van der Waals surface area contributed by atoms with Gasteiger partial charge in [0.2, 0.25) is 5.91 Å². The molecule has 7 heteroatoms. The lowest BCUT2D eigenvalue weighted by atomic mass is 9.90. The summed E-state index contributed by atoms with van der Waals surface area (Å²) >= 11 is 0. The second kappa shape index (κ2) is 11.9. The van der Waals surface area contributed by atoms with Gasteiger partial charge in [0.05, 0.1) is 5.92 Å². The van der Waals surface area contributed by atoms with Crippen LogP contribution in [0.25, 0.3) is 0 Å². The van der Waals surface area contributed by atoms with Crippen molar-refractivity contribution in [3.8, 4) is 0 Å². The fraction of sp³-hybridized carbons (Fsp3) is 0.375. The average Bonchev–Trinajstić information content (AvgIpc) is 2.73. The standard InChI is InChI=1S/C24H30N2O5/c1-16(2)15-20(24(30)31)25-14-13-19(23(28)29)26-22(27)21(17-9-5-3-6-10-17)18-11-7-4-8-12-18/h3-12,16,19-21,25H,13-15H2,1-2H3,(H,26,27)(H,28,29)(H,30,31)/t19?,20-/m0/s1. The molecule has 0 radical (unpaired) electrons. The molecule has 0 aliphatic heterocycles. The molecule has 0 spiro atoms. The number of rotatable bonds is 12. The van der Waals surface area contributed by atoms with E-state index >= 15 is 0 Å². The van der Waals surface area contributed by atoms with E-state index in [1.54, 1.807) is 0 Å². The first-order valence-corrected chi connectivity index (χ1v) is 10.4. The smallest absolute Gasteiger partial charge is 0.326 e. The summed E-state index contributed by atoms with van der Waals surface area (Å²) in [6, 6.07) is 16.5. The van der Waals surface area contributed by atoms with E-state index in [0.29, 0.717) is 6.42 Å². The highest BCUT2D eigenvalue weighted by atomic mass is 16.4. The molecule has 1 amide bonds. The third kappa shape index (κ3) is 7.53. The van der Waals surface area contributed by atoms with Crippen LogP contribution in [0.2, 0.25) is 0 Å². The number of benzene rings is 2. The Kier molecular flexibility index (Phi) is 9.21. The molecule has 0 saturated heterocycles. The van der Waals surface area contributed by atoms with Crippen LogP contribution in [-0.4, -0.2) is 46.7 Å². The molecular formula is C24H30N2O5. The van der Waals surface area contributed by atoms with Gasteiger partial charge < -0.3 is 20.8 Å². The highest BCUT2D eigenvalue weighted by molar-refractivity contribution is 5.90. The van der Waals surface area contributed by atoms with Crippen LogP contribution < -0.4 is 10.6 Å². The number of carboxylic acid groups (broad SMARTS) is 2. The summed E-state index contributed by atoms with van der Waals surface area (Å²) in [5.41, 5.74) is 1.52. The molecule has 0 saturated carbocycles. The Balaban J connectivity index is 2.10. The van der Waals surface area contributed by atoms with Gasteiger partial charge in [-0.1, -0.05) is 74.5 Å². The van der Waals surface area contributed by atoms with Crippen LogP contribution in [0.1, 0.15) is 43.7 Å². The van der Waals surface area contributed by atoms with Gasteiger partial charge >= 0.3 is 11.9 Å². The molecule has 2 rings (SSSR count). The fourth-order valence-corrected chi connectivity index (χ4v) is 3.44. The Morgan fingerprint density at radius 2 is 1.29 bits per heavy atom. The molecule has 4 N–H and O–H groups in total. The topological polar surface area (TPSA) is 116 Å². The Morgan fingerprint density at radius 1 is 0.806 bits per heavy atom. The SMILES string of the molecule is CC(C)C[C@H](NCCC(NC(=O)C(c1ccccc1)c1ccccc1)C(=O)O)C(=O)O. The maximum atomic E-state index is 13.1. The van der Waals surface area contributed by atoms with Crippen LogP contribution in [-0.2, 0) is 14.4 Å². The molecule has 2 aromatic rings. The van der Waals surface area contributed by atoms with Crippen molar-refractivity contribution in [3.63, 3.8) is 0 Å². The van der Waals surface area contributed by atoms with Crippen molar-refractivity contribution >= 4 is 17.8 Å². The predicted molar refractivity (Wildman–Crippen MR) is 118 cm³/mol. The van der Waals surface area contributed by atoms with Crippen LogP contribution >= 0.6 is 0 Å². The molecule has 166 valence electrons. The molecule has 0 aliphatic carbocycles. The Labute approximate surface area is 182 Å². The van der Waals surface area contributed by atoms with E-state index in [9.17, 15) is 24.6 Å². The zero-order valence-electron chi connectivity index (χ0n) is 17.8. The van der Waals surface area contributed by atoms with Gasteiger partial charge in [0, 0.05) is 0 Å². The van der Waals surface area contributed by atoms with Gasteiger partial charge in [0.25, 0.3) is 0 Å². The van der Waals surface area contributed by atoms with Gasteiger partial charge in [0.15, 0.2) is 0 Å². The van der Waals surface area contributed by atoms with Crippen molar-refractivity contribution in [2.24, 2.45) is 5.92 Å². The van der Waals surface area contributed by atoms with Crippen molar-refractivity contribution in [2.75, 3.05) is 6.54 Å². The first-order chi connectivity index (χ1) is 14.8. The van der Waals surface area contributed by atoms with Crippen LogP contribution in [0.3, 0.4) is 0 Å². The van der Waals surface area contributed by atoms with E-state index in [4.69, 9.17) is 0 Å². The van der Waals surface area contributed by atoms with Crippen LogP contribution in [0.15, 0.2) is 60.7 Å². The van der Waals surface area contributed by atoms with Gasteiger partial charge in [-0.15, -0.1) is 0 Å². The molecule has 1 unspecified atom stereocenters. The summed E-state index contributed by atoms with van der Waals surface area (Å²) in [5.74, 6) is -3.02. The van der Waals surface area contributed by atoms with Crippen LogP contribution in [0.4, 0.5) is 0 Å². The summed E-state index contributed by atoms with van der Waals surface area (Å²) < 4.78 is 0. The molecule has 7 nitrogen and oxygen atoms in total. The normalized spacial score (nSPS) is 13.0. The zero-order valence-corrected chi connectivity index (χ0v) is 17.8. The number of nitrogens with one attached hydrogen (secondary N) is 2. The van der Waals surface area contributed by atoms with E-state index in [-0.39, 0.29) is 18.9 Å². The van der Waals surface area contributed by atoms with Crippen LogP contribution in [0, 0.1) is 5.92 Å². The summed E-state index contributed by atoms with van der Waals surface area (Å²) in [4.78, 5) is 36.3. The van der Waals surface area contributed by atoms with Crippen molar-refractivity contribution in [1.29, 1.82) is 0 Å². The third-order valence-corrected chi connectivity index (χ3v) is 4.97. The van der Waals surface area contributed by atoms with E-state index in [1.807, 2.05) is 74.5 Å². The lowest BCUT2D eigenvalue weighted by Crippen LogP contribution is -2.46. The van der Waals surface area contributed by atoms with Crippen molar-refractivity contribution in [3.05, 3.63) is 71.8 Å². The van der Waals surface area contributed by atoms with Crippen molar-refractivity contribution in [1.82, 2.24) is 10.6 Å². The minimum Gasteiger partial charge on any atom is -0.480 e. The van der Waals surface area contributed by atoms with Crippen molar-refractivity contribution in [2.45, 2.75) is 44.7 Å². The van der Waals surface area contributed by atoms with E-state index in [1.165, 1.54) is 0 Å². The number of carboxylic acids is 2. The molecule has 0 aromatic heterocycles. The van der Waals surface area contributed by atoms with Gasteiger partial charge in [0.1, 0.15) is 12.1 Å². The number of aliphatic carboxylic acids is 2. The molecular weight excluding hydrogens is 396 g/mol. The van der Waals surface area contributed by atoms with Gasteiger partial charge in [-0.2, -0.15) is 0 Å². The van der Waals surface area contributed by atoms with Crippen molar-refractivity contribution < 1.29 is 24.6 Å². The minimum absolute atomic E-state index is 0.0687. The molecule has 2 atom stereocenters. The van der Waals surface area contributed by atoms with Gasteiger partial charge in [-0.3, -0.25) is 9.59 Å². The minimum atomic E-state index is -1.16. The van der Waals surface area contributed by atoms with Crippen LogP contribution in [0.5, 0.6) is 0 Å². The summed E-state index contributed by atoms with van der Waals surface area (Å²) in [6.07, 6.45) is 0.503. The lowest BCUT2D eigenvalue weighted by Gasteiger charge is -2.22. The summed E-state index contributed by atoms with van der Waals surface area (Å²) in [5, 5.41) is 24.4. The maximum absolute atomic E-state index is 13.1. The maximum Gasteiger partial charge on any atom is 0.326 e. The number of carbonyl (C=O) groups excluding carboxylic acids is 1. The molecule has 0 aliphatic rings. The van der Waals surface area contributed by atoms with E-state index in [2.05, 4.69) is 10.6 Å². The molecule has 31 heavy (non-hydrogen) atoms. The molecule has 2 aromatic carbocycles. The van der Waals surface area contributed by atoms with E-state index < -0.39 is 35.8 Å². The highest BCUT2D eigenvalue weighted by Crippen LogP contribution is 2.25. The Hall–Kier alpha value is -3.19. The van der Waals surface area contributed by atoms with E-state index in [0.717, 1.165) is 11.1 Å². The molecule has 0 bridgehead atoms.